The molecule has 0 atom stereocenters. The number of benzene rings is 2. The third kappa shape index (κ3) is 4.22. The van der Waals surface area contributed by atoms with Crippen molar-refractivity contribution in [3.8, 4) is 6.07 Å². The van der Waals surface area contributed by atoms with Crippen molar-refractivity contribution in [1.82, 2.24) is 9.97 Å². The fraction of sp³-hybridized carbons (Fsp3) is 0.100. The van der Waals surface area contributed by atoms with Gasteiger partial charge in [0, 0.05) is 18.3 Å². The zero-order valence-electron chi connectivity index (χ0n) is 14.2. The summed E-state index contributed by atoms with van der Waals surface area (Å²) in [6, 6.07) is 18.4. The molecule has 0 aliphatic heterocycles. The molecule has 3 rings (SSSR count). The predicted molar refractivity (Wildman–Crippen MR) is 99.6 cm³/mol. The number of nitrogens with zero attached hydrogens (tertiary/aromatic N) is 3. The molecule has 0 radical (unpaired) electrons. The first-order chi connectivity index (χ1) is 12.7. The van der Waals surface area contributed by atoms with E-state index in [0.29, 0.717) is 23.6 Å². The second kappa shape index (κ2) is 7.90. The predicted octanol–water partition coefficient (Wildman–Crippen LogP) is 3.52. The van der Waals surface area contributed by atoms with Crippen LogP contribution in [-0.2, 0) is 6.54 Å². The van der Waals surface area contributed by atoms with E-state index in [4.69, 9.17) is 5.26 Å². The molecule has 0 aliphatic carbocycles. The van der Waals surface area contributed by atoms with Crippen LogP contribution in [0.1, 0.15) is 27.2 Å². The van der Waals surface area contributed by atoms with Crippen LogP contribution in [-0.4, -0.2) is 15.9 Å². The van der Waals surface area contributed by atoms with Gasteiger partial charge in [-0.3, -0.25) is 4.79 Å². The van der Waals surface area contributed by atoms with Crippen molar-refractivity contribution < 1.29 is 4.79 Å². The van der Waals surface area contributed by atoms with Gasteiger partial charge >= 0.3 is 0 Å². The maximum atomic E-state index is 12.4. The highest BCUT2D eigenvalue weighted by molar-refractivity contribution is 6.03. The van der Waals surface area contributed by atoms with Crippen LogP contribution in [0.25, 0.3) is 0 Å². The molecule has 2 N–H and O–H groups in total. The number of hydrogen-bond acceptors (Lipinski definition) is 5. The molecule has 128 valence electrons. The summed E-state index contributed by atoms with van der Waals surface area (Å²) >= 11 is 0. The van der Waals surface area contributed by atoms with Crippen LogP contribution in [0.15, 0.2) is 60.9 Å². The summed E-state index contributed by atoms with van der Waals surface area (Å²) < 4.78 is 0. The van der Waals surface area contributed by atoms with Gasteiger partial charge in [0.25, 0.3) is 5.91 Å². The van der Waals surface area contributed by atoms with E-state index in [-0.39, 0.29) is 11.6 Å². The summed E-state index contributed by atoms with van der Waals surface area (Å²) in [5.41, 5.74) is 3.61. The van der Waals surface area contributed by atoms with Gasteiger partial charge in [0.2, 0.25) is 0 Å². The SMILES string of the molecule is Cc1ccccc1CNc1cc(C(=O)Nc2cccc(C#N)c2)ncn1. The Bertz CT molecular complexity index is 978. The fourth-order valence-electron chi connectivity index (χ4n) is 2.43. The number of aryl methyl sites for hydroxylation is 1. The maximum Gasteiger partial charge on any atom is 0.274 e. The number of nitriles is 1. The molecule has 3 aromatic rings. The van der Waals surface area contributed by atoms with E-state index in [9.17, 15) is 4.79 Å². The number of carbonyl (C=O) groups is 1. The van der Waals surface area contributed by atoms with Crippen LogP contribution in [0.3, 0.4) is 0 Å². The summed E-state index contributed by atoms with van der Waals surface area (Å²) in [5.74, 6) is 0.209. The van der Waals surface area contributed by atoms with Gasteiger partial charge in [0.15, 0.2) is 0 Å². The summed E-state index contributed by atoms with van der Waals surface area (Å²) in [6.45, 7) is 2.65. The quantitative estimate of drug-likeness (QED) is 0.739. The molecule has 0 saturated carbocycles. The second-order valence-corrected chi connectivity index (χ2v) is 5.72. The van der Waals surface area contributed by atoms with Crippen molar-refractivity contribution in [1.29, 1.82) is 5.26 Å². The number of aromatic nitrogens is 2. The van der Waals surface area contributed by atoms with E-state index < -0.39 is 0 Å². The lowest BCUT2D eigenvalue weighted by Crippen LogP contribution is -2.14. The van der Waals surface area contributed by atoms with Crippen molar-refractivity contribution in [2.24, 2.45) is 0 Å². The molecule has 0 bridgehead atoms. The molecule has 6 heteroatoms. The molecular weight excluding hydrogens is 326 g/mol. The highest BCUT2D eigenvalue weighted by atomic mass is 16.1. The van der Waals surface area contributed by atoms with E-state index >= 15 is 0 Å². The average Bonchev–Trinajstić information content (AvgIpc) is 2.68. The molecular formula is C20H17N5O. The Morgan fingerprint density at radius 3 is 2.77 bits per heavy atom. The third-order valence-corrected chi connectivity index (χ3v) is 3.87. The van der Waals surface area contributed by atoms with Gasteiger partial charge < -0.3 is 10.6 Å². The molecule has 1 heterocycles. The van der Waals surface area contributed by atoms with E-state index in [0.717, 1.165) is 5.56 Å². The third-order valence-electron chi connectivity index (χ3n) is 3.87. The van der Waals surface area contributed by atoms with Gasteiger partial charge in [-0.1, -0.05) is 30.3 Å². The zero-order chi connectivity index (χ0) is 18.4. The molecule has 0 unspecified atom stereocenters. The van der Waals surface area contributed by atoms with Crippen molar-refractivity contribution in [3.63, 3.8) is 0 Å². The normalized spacial score (nSPS) is 10.0. The van der Waals surface area contributed by atoms with Gasteiger partial charge in [0.05, 0.1) is 11.6 Å². The first-order valence-electron chi connectivity index (χ1n) is 8.07. The number of nitrogens with one attached hydrogen (secondary N) is 2. The lowest BCUT2D eigenvalue weighted by Gasteiger charge is -2.09. The Morgan fingerprint density at radius 1 is 1.12 bits per heavy atom. The lowest BCUT2D eigenvalue weighted by atomic mass is 10.1. The van der Waals surface area contributed by atoms with Crippen molar-refractivity contribution >= 4 is 17.4 Å². The molecule has 0 fully saturated rings. The molecule has 0 spiro atoms. The lowest BCUT2D eigenvalue weighted by molar-refractivity contribution is 0.102. The topological polar surface area (TPSA) is 90.7 Å². The largest absolute Gasteiger partial charge is 0.366 e. The van der Waals surface area contributed by atoms with Gasteiger partial charge in [-0.25, -0.2) is 9.97 Å². The van der Waals surface area contributed by atoms with Gasteiger partial charge in [-0.15, -0.1) is 0 Å². The van der Waals surface area contributed by atoms with Crippen LogP contribution in [0, 0.1) is 18.3 Å². The van der Waals surface area contributed by atoms with Crippen molar-refractivity contribution in [2.75, 3.05) is 10.6 Å². The smallest absolute Gasteiger partial charge is 0.274 e. The summed E-state index contributed by atoms with van der Waals surface area (Å²) in [7, 11) is 0. The molecule has 6 nitrogen and oxygen atoms in total. The van der Waals surface area contributed by atoms with Gasteiger partial charge in [-0.05, 0) is 36.2 Å². The second-order valence-electron chi connectivity index (χ2n) is 5.72. The Hall–Kier alpha value is -3.72. The van der Waals surface area contributed by atoms with Crippen LogP contribution >= 0.6 is 0 Å². The minimum Gasteiger partial charge on any atom is -0.366 e. The Balaban J connectivity index is 1.69. The minimum atomic E-state index is -0.360. The Labute approximate surface area is 151 Å². The summed E-state index contributed by atoms with van der Waals surface area (Å²) in [4.78, 5) is 20.6. The first kappa shape index (κ1) is 17.1. The summed E-state index contributed by atoms with van der Waals surface area (Å²) in [5, 5.41) is 14.9. The monoisotopic (exact) mass is 343 g/mol. The van der Waals surface area contributed by atoms with Crippen LogP contribution in [0.5, 0.6) is 0 Å². The van der Waals surface area contributed by atoms with E-state index in [1.54, 1.807) is 30.3 Å². The maximum absolute atomic E-state index is 12.4. The molecule has 0 saturated heterocycles. The van der Waals surface area contributed by atoms with Gasteiger partial charge in [-0.2, -0.15) is 5.26 Å². The number of hydrogen-bond donors (Lipinski definition) is 2. The molecule has 0 aliphatic rings. The Kier molecular flexibility index (Phi) is 5.20. The van der Waals surface area contributed by atoms with Crippen molar-refractivity contribution in [2.45, 2.75) is 13.5 Å². The van der Waals surface area contributed by atoms with Gasteiger partial charge in [0.1, 0.15) is 17.8 Å². The standard InChI is InChI=1S/C20H17N5O/c1-14-5-2-3-7-16(14)12-22-19-10-18(23-13-24-19)20(26)25-17-8-4-6-15(9-17)11-21/h2-10,13H,12H2,1H3,(H,25,26)(H,22,23,24). The number of amides is 1. The number of rotatable bonds is 5. The van der Waals surface area contributed by atoms with Crippen LogP contribution in [0.4, 0.5) is 11.5 Å². The molecule has 1 amide bonds. The summed E-state index contributed by atoms with van der Waals surface area (Å²) in [6.07, 6.45) is 1.35. The van der Waals surface area contributed by atoms with E-state index in [1.165, 1.54) is 11.9 Å². The number of carbonyl (C=O) groups excluding carboxylic acids is 1. The fourth-order valence-corrected chi connectivity index (χ4v) is 2.43. The number of anilines is 2. The highest BCUT2D eigenvalue weighted by Gasteiger charge is 2.10. The molecule has 26 heavy (non-hydrogen) atoms. The van der Waals surface area contributed by atoms with E-state index in [1.807, 2.05) is 37.3 Å². The van der Waals surface area contributed by atoms with Crippen molar-refractivity contribution in [3.05, 3.63) is 83.3 Å². The first-order valence-corrected chi connectivity index (χ1v) is 8.07. The average molecular weight is 343 g/mol. The Morgan fingerprint density at radius 2 is 1.96 bits per heavy atom. The van der Waals surface area contributed by atoms with E-state index in [2.05, 4.69) is 20.6 Å². The van der Waals surface area contributed by atoms with Crippen LogP contribution < -0.4 is 10.6 Å². The zero-order valence-corrected chi connectivity index (χ0v) is 14.2. The van der Waals surface area contributed by atoms with Crippen LogP contribution in [0.2, 0.25) is 0 Å². The molecule has 2 aromatic carbocycles. The minimum absolute atomic E-state index is 0.245. The highest BCUT2D eigenvalue weighted by Crippen LogP contribution is 2.13. The molecule has 1 aromatic heterocycles.